The molecule has 0 aliphatic rings. The molecule has 1 aromatic rings. The summed E-state index contributed by atoms with van der Waals surface area (Å²) < 4.78 is 4.86. The maximum absolute atomic E-state index is 11.5. The molecule has 118 valence electrons. The van der Waals surface area contributed by atoms with E-state index in [9.17, 15) is 14.9 Å². The minimum atomic E-state index is -0.462. The van der Waals surface area contributed by atoms with Gasteiger partial charge < -0.3 is 10.5 Å². The summed E-state index contributed by atoms with van der Waals surface area (Å²) in [6.07, 6.45) is 0.781. The molecule has 0 amide bonds. The van der Waals surface area contributed by atoms with E-state index in [2.05, 4.69) is 0 Å². The zero-order valence-corrected chi connectivity index (χ0v) is 12.8. The van der Waals surface area contributed by atoms with Crippen LogP contribution in [0.5, 0.6) is 0 Å². The molecule has 0 aliphatic heterocycles. The molecule has 1 unspecified atom stereocenters. The Morgan fingerprint density at radius 2 is 2.00 bits per heavy atom. The van der Waals surface area contributed by atoms with Gasteiger partial charge in [-0.1, -0.05) is 24.3 Å². The number of ether oxygens (including phenoxy) is 1. The number of carbonyl (C=O) groups excluding carboxylic acids is 1. The van der Waals surface area contributed by atoms with Crippen LogP contribution < -0.4 is 5.73 Å². The molecule has 1 aromatic carbocycles. The SMILES string of the molecule is CCOC(=O)CC(C[N+](=O)[O-])c1ccc(CCN)cc1.Cl. The number of carbonyl (C=O) groups is 1. The summed E-state index contributed by atoms with van der Waals surface area (Å²) in [5.41, 5.74) is 7.32. The number of nitrogens with two attached hydrogens (primary N) is 1. The molecular formula is C14H21ClN2O4. The number of rotatable bonds is 8. The highest BCUT2D eigenvalue weighted by molar-refractivity contribution is 5.85. The molecule has 21 heavy (non-hydrogen) atoms. The van der Waals surface area contributed by atoms with Gasteiger partial charge in [-0.05, 0) is 31.0 Å². The van der Waals surface area contributed by atoms with E-state index in [0.717, 1.165) is 17.5 Å². The maximum atomic E-state index is 11.5. The highest BCUT2D eigenvalue weighted by Gasteiger charge is 2.22. The fourth-order valence-corrected chi connectivity index (χ4v) is 2.01. The lowest BCUT2D eigenvalue weighted by atomic mass is 9.94. The third kappa shape index (κ3) is 7.06. The monoisotopic (exact) mass is 316 g/mol. The number of nitrogens with zero attached hydrogens (tertiary/aromatic N) is 1. The predicted molar refractivity (Wildman–Crippen MR) is 82.3 cm³/mol. The first-order valence-electron chi connectivity index (χ1n) is 6.63. The summed E-state index contributed by atoms with van der Waals surface area (Å²) >= 11 is 0. The van der Waals surface area contributed by atoms with Crippen LogP contribution in [0.3, 0.4) is 0 Å². The van der Waals surface area contributed by atoms with Crippen LogP contribution in [0.1, 0.15) is 30.4 Å². The molecule has 1 rings (SSSR count). The van der Waals surface area contributed by atoms with Crippen LogP contribution >= 0.6 is 12.4 Å². The summed E-state index contributed by atoms with van der Waals surface area (Å²) in [7, 11) is 0. The third-order valence-corrected chi connectivity index (χ3v) is 2.97. The van der Waals surface area contributed by atoms with Crippen molar-refractivity contribution in [2.24, 2.45) is 5.73 Å². The number of nitro groups is 1. The van der Waals surface area contributed by atoms with E-state index >= 15 is 0 Å². The van der Waals surface area contributed by atoms with Crippen molar-refractivity contribution >= 4 is 18.4 Å². The molecule has 0 fully saturated rings. The summed E-state index contributed by atoms with van der Waals surface area (Å²) in [4.78, 5) is 21.8. The first-order chi connectivity index (χ1) is 9.56. The van der Waals surface area contributed by atoms with Crippen molar-refractivity contribution < 1.29 is 14.5 Å². The van der Waals surface area contributed by atoms with Crippen LogP contribution in [0, 0.1) is 10.1 Å². The van der Waals surface area contributed by atoms with Crippen molar-refractivity contribution in [1.82, 2.24) is 0 Å². The van der Waals surface area contributed by atoms with Gasteiger partial charge >= 0.3 is 5.97 Å². The summed E-state index contributed by atoms with van der Waals surface area (Å²) in [6, 6.07) is 7.41. The molecule has 0 saturated heterocycles. The quantitative estimate of drug-likeness (QED) is 0.449. The molecular weight excluding hydrogens is 296 g/mol. The van der Waals surface area contributed by atoms with E-state index in [-0.39, 0.29) is 32.0 Å². The number of halogens is 1. The molecule has 0 aliphatic carbocycles. The topological polar surface area (TPSA) is 95.5 Å². The molecule has 2 N–H and O–H groups in total. The minimum Gasteiger partial charge on any atom is -0.466 e. The third-order valence-electron chi connectivity index (χ3n) is 2.97. The zero-order valence-electron chi connectivity index (χ0n) is 12.0. The van der Waals surface area contributed by atoms with Crippen molar-refractivity contribution in [3.05, 3.63) is 45.5 Å². The zero-order chi connectivity index (χ0) is 15.0. The first kappa shape index (κ1) is 19.3. The minimum absolute atomic E-state index is 0. The van der Waals surface area contributed by atoms with E-state index in [1.807, 2.05) is 24.3 Å². The predicted octanol–water partition coefficient (Wildman–Crippen LogP) is 1.92. The normalized spacial score (nSPS) is 11.3. The second-order valence-corrected chi connectivity index (χ2v) is 4.50. The van der Waals surface area contributed by atoms with Gasteiger partial charge in [0.25, 0.3) is 0 Å². The molecule has 0 saturated carbocycles. The first-order valence-corrected chi connectivity index (χ1v) is 6.63. The van der Waals surface area contributed by atoms with E-state index < -0.39 is 16.8 Å². The van der Waals surface area contributed by atoms with E-state index in [1.54, 1.807) is 6.92 Å². The molecule has 6 nitrogen and oxygen atoms in total. The largest absolute Gasteiger partial charge is 0.466 e. The van der Waals surface area contributed by atoms with Gasteiger partial charge in [-0.25, -0.2) is 0 Å². The number of benzene rings is 1. The smallest absolute Gasteiger partial charge is 0.306 e. The Kier molecular flexibility index (Phi) is 9.32. The molecule has 0 heterocycles. The second-order valence-electron chi connectivity index (χ2n) is 4.50. The molecule has 0 bridgehead atoms. The van der Waals surface area contributed by atoms with Crippen LogP contribution in [0.2, 0.25) is 0 Å². The average Bonchev–Trinajstić information content (AvgIpc) is 2.39. The van der Waals surface area contributed by atoms with Crippen LogP contribution in [0.4, 0.5) is 0 Å². The van der Waals surface area contributed by atoms with Crippen molar-refractivity contribution in [1.29, 1.82) is 0 Å². The van der Waals surface area contributed by atoms with E-state index in [0.29, 0.717) is 6.54 Å². The van der Waals surface area contributed by atoms with Gasteiger partial charge in [-0.15, -0.1) is 12.4 Å². The lowest BCUT2D eigenvalue weighted by Gasteiger charge is -2.13. The standard InChI is InChI=1S/C14H20N2O4.ClH/c1-2-20-14(17)9-13(10-16(18)19)12-5-3-11(4-6-12)7-8-15;/h3-6,13H,2,7-10,15H2,1H3;1H. The summed E-state index contributed by atoms with van der Waals surface area (Å²) in [5, 5.41) is 10.7. The Labute approximate surface area is 130 Å². The molecule has 1 atom stereocenters. The van der Waals surface area contributed by atoms with Crippen molar-refractivity contribution in [3.8, 4) is 0 Å². The average molecular weight is 317 g/mol. The lowest BCUT2D eigenvalue weighted by molar-refractivity contribution is -0.483. The summed E-state index contributed by atoms with van der Waals surface area (Å²) in [6.45, 7) is 2.26. The van der Waals surface area contributed by atoms with Gasteiger partial charge in [0.15, 0.2) is 0 Å². The number of esters is 1. The maximum Gasteiger partial charge on any atom is 0.306 e. The lowest BCUT2D eigenvalue weighted by Crippen LogP contribution is -2.18. The van der Waals surface area contributed by atoms with Gasteiger partial charge in [0.1, 0.15) is 0 Å². The van der Waals surface area contributed by atoms with Crippen molar-refractivity contribution in [3.63, 3.8) is 0 Å². The molecule has 0 spiro atoms. The van der Waals surface area contributed by atoms with Crippen molar-refractivity contribution in [2.75, 3.05) is 19.7 Å². The highest BCUT2D eigenvalue weighted by atomic mass is 35.5. The van der Waals surface area contributed by atoms with Gasteiger partial charge in [0.2, 0.25) is 6.54 Å². The number of hydrogen-bond acceptors (Lipinski definition) is 5. The second kappa shape index (κ2) is 10.1. The Bertz CT molecular complexity index is 451. The Morgan fingerprint density at radius 3 is 2.48 bits per heavy atom. The molecule has 0 radical (unpaired) electrons. The van der Waals surface area contributed by atoms with Gasteiger partial charge in [-0.2, -0.15) is 0 Å². The van der Waals surface area contributed by atoms with Gasteiger partial charge in [-0.3, -0.25) is 14.9 Å². The van der Waals surface area contributed by atoms with Crippen LogP contribution in [0.25, 0.3) is 0 Å². The molecule has 0 aromatic heterocycles. The van der Waals surface area contributed by atoms with E-state index in [4.69, 9.17) is 10.5 Å². The van der Waals surface area contributed by atoms with Crippen LogP contribution in [0.15, 0.2) is 24.3 Å². The number of hydrogen-bond donors (Lipinski definition) is 1. The van der Waals surface area contributed by atoms with Gasteiger partial charge in [0, 0.05) is 4.92 Å². The fraction of sp³-hybridized carbons (Fsp3) is 0.500. The Balaban J connectivity index is 0.00000400. The van der Waals surface area contributed by atoms with Crippen molar-refractivity contribution in [2.45, 2.75) is 25.7 Å². The Morgan fingerprint density at radius 1 is 1.38 bits per heavy atom. The summed E-state index contributed by atoms with van der Waals surface area (Å²) in [5.74, 6) is -0.874. The van der Waals surface area contributed by atoms with Crippen LogP contribution in [-0.2, 0) is 16.0 Å². The Hall–Kier alpha value is -1.66. The fourth-order valence-electron chi connectivity index (χ4n) is 2.01. The van der Waals surface area contributed by atoms with E-state index in [1.165, 1.54) is 0 Å². The highest BCUT2D eigenvalue weighted by Crippen LogP contribution is 2.21. The van der Waals surface area contributed by atoms with Crippen LogP contribution in [-0.4, -0.2) is 30.6 Å². The molecule has 7 heteroatoms. The van der Waals surface area contributed by atoms with Gasteiger partial charge in [0.05, 0.1) is 18.9 Å².